The van der Waals surface area contributed by atoms with Crippen molar-refractivity contribution in [1.29, 1.82) is 0 Å². The maximum atomic E-state index is 11.3. The van der Waals surface area contributed by atoms with E-state index in [0.29, 0.717) is 19.5 Å². The smallest absolute Gasteiger partial charge is 0.407 e. The molecule has 108 valence electrons. The molecule has 0 saturated heterocycles. The topological polar surface area (TPSA) is 93.5 Å². The van der Waals surface area contributed by atoms with Crippen molar-refractivity contribution in [1.82, 2.24) is 15.1 Å². The molecule has 20 heavy (non-hydrogen) atoms. The summed E-state index contributed by atoms with van der Waals surface area (Å²) in [4.78, 5) is 22.4. The van der Waals surface area contributed by atoms with E-state index < -0.39 is 12.1 Å². The Labute approximate surface area is 116 Å². The third kappa shape index (κ3) is 3.17. The molecule has 0 aromatic carbocycles. The summed E-state index contributed by atoms with van der Waals surface area (Å²) < 4.78 is 6.54. The van der Waals surface area contributed by atoms with E-state index in [4.69, 9.17) is 9.84 Å². The highest BCUT2D eigenvalue weighted by Gasteiger charge is 2.25. The van der Waals surface area contributed by atoms with Gasteiger partial charge in [0.15, 0.2) is 0 Å². The first-order chi connectivity index (χ1) is 9.61. The summed E-state index contributed by atoms with van der Waals surface area (Å²) in [6, 6.07) is 0. The molecule has 0 aliphatic carbocycles. The Kier molecular flexibility index (Phi) is 4.39. The quantitative estimate of drug-likeness (QED) is 0.786. The van der Waals surface area contributed by atoms with Gasteiger partial charge in [-0.2, -0.15) is 5.10 Å². The number of carboxylic acid groups (broad SMARTS) is 1. The molecule has 1 unspecified atom stereocenters. The molecule has 1 atom stereocenters. The molecular weight excluding hydrogens is 262 g/mol. The van der Waals surface area contributed by atoms with Crippen molar-refractivity contribution >= 4 is 12.1 Å². The minimum absolute atomic E-state index is 0.173. The monoisotopic (exact) mass is 279 g/mol. The lowest BCUT2D eigenvalue weighted by Crippen LogP contribution is -2.34. The molecule has 0 bridgehead atoms. The van der Waals surface area contributed by atoms with E-state index in [1.54, 1.807) is 4.68 Å². The number of fused-ring (bicyclic) bond motifs is 1. The van der Waals surface area contributed by atoms with Crippen LogP contribution in [0.25, 0.3) is 0 Å². The first-order valence-corrected chi connectivity index (χ1v) is 6.41. The minimum atomic E-state index is -0.967. The van der Waals surface area contributed by atoms with E-state index in [-0.39, 0.29) is 18.1 Å². The summed E-state index contributed by atoms with van der Waals surface area (Å²) >= 11 is 0. The van der Waals surface area contributed by atoms with E-state index in [1.807, 2.05) is 0 Å². The van der Waals surface area contributed by atoms with Gasteiger partial charge in [0.1, 0.15) is 12.2 Å². The number of ether oxygens (including phenoxy) is 1. The third-order valence-corrected chi connectivity index (χ3v) is 3.28. The third-order valence-electron chi connectivity index (χ3n) is 3.28. The number of alkyl carbamates (subject to hydrolysis) is 1. The predicted molar refractivity (Wildman–Crippen MR) is 70.5 cm³/mol. The van der Waals surface area contributed by atoms with Crippen LogP contribution in [0, 0.1) is 5.92 Å². The molecule has 7 nitrogen and oxygen atoms in total. The summed E-state index contributed by atoms with van der Waals surface area (Å²) in [5.41, 5.74) is 0.957. The molecule has 7 heteroatoms. The van der Waals surface area contributed by atoms with Crippen LogP contribution in [0.2, 0.25) is 0 Å². The number of nitrogens with zero attached hydrogens (tertiary/aromatic N) is 2. The van der Waals surface area contributed by atoms with E-state index >= 15 is 0 Å². The van der Waals surface area contributed by atoms with Gasteiger partial charge in [0.25, 0.3) is 0 Å². The Balaban J connectivity index is 1.90. The second kappa shape index (κ2) is 6.23. The molecule has 2 heterocycles. The average Bonchev–Trinajstić information content (AvgIpc) is 2.86. The SMILES string of the molecule is C=CCOC(=O)NCC1CCn2ncc(C(=O)O)c2C1. The molecule has 0 spiro atoms. The molecule has 1 aromatic heterocycles. The summed E-state index contributed by atoms with van der Waals surface area (Å²) in [5, 5.41) is 15.8. The lowest BCUT2D eigenvalue weighted by molar-refractivity contribution is 0.0694. The van der Waals surface area contributed by atoms with Gasteiger partial charge >= 0.3 is 12.1 Å². The maximum absolute atomic E-state index is 11.3. The number of rotatable bonds is 5. The van der Waals surface area contributed by atoms with Gasteiger partial charge in [-0.15, -0.1) is 0 Å². The van der Waals surface area contributed by atoms with Gasteiger partial charge in [-0.25, -0.2) is 9.59 Å². The minimum Gasteiger partial charge on any atom is -0.478 e. The fraction of sp³-hybridized carbons (Fsp3) is 0.462. The van der Waals surface area contributed by atoms with Gasteiger partial charge in [0, 0.05) is 13.1 Å². The number of aryl methyl sites for hydroxylation is 1. The molecular formula is C13H17N3O4. The Morgan fingerprint density at radius 2 is 2.45 bits per heavy atom. The molecule has 1 aromatic rings. The van der Waals surface area contributed by atoms with Gasteiger partial charge in [0.2, 0.25) is 0 Å². The predicted octanol–water partition coefficient (Wildman–Crippen LogP) is 1.06. The standard InChI is InChI=1S/C13H17N3O4/c1-2-5-20-13(19)14-7-9-3-4-16-11(6-9)10(8-15-16)12(17)18/h2,8-9H,1,3-7H2,(H,14,19)(H,17,18). The molecule has 1 aliphatic rings. The fourth-order valence-corrected chi connectivity index (χ4v) is 2.27. The van der Waals surface area contributed by atoms with Crippen LogP contribution in [-0.2, 0) is 17.7 Å². The Morgan fingerprint density at radius 3 is 3.15 bits per heavy atom. The Hall–Kier alpha value is -2.31. The first-order valence-electron chi connectivity index (χ1n) is 6.41. The average molecular weight is 279 g/mol. The van der Waals surface area contributed by atoms with Crippen molar-refractivity contribution in [2.75, 3.05) is 13.2 Å². The van der Waals surface area contributed by atoms with Gasteiger partial charge in [0.05, 0.1) is 11.9 Å². The number of nitrogens with one attached hydrogen (secondary N) is 1. The second-order valence-electron chi connectivity index (χ2n) is 4.66. The van der Waals surface area contributed by atoms with E-state index in [1.165, 1.54) is 12.3 Å². The zero-order chi connectivity index (χ0) is 14.5. The lowest BCUT2D eigenvalue weighted by atomic mass is 9.94. The van der Waals surface area contributed by atoms with Gasteiger partial charge in [-0.05, 0) is 18.8 Å². The van der Waals surface area contributed by atoms with Crippen molar-refractivity contribution in [3.8, 4) is 0 Å². The molecule has 0 fully saturated rings. The zero-order valence-corrected chi connectivity index (χ0v) is 11.0. The van der Waals surface area contributed by atoms with Crippen molar-refractivity contribution in [3.63, 3.8) is 0 Å². The highest BCUT2D eigenvalue weighted by Crippen LogP contribution is 2.22. The van der Waals surface area contributed by atoms with Crippen molar-refractivity contribution < 1.29 is 19.4 Å². The summed E-state index contributed by atoms with van der Waals surface area (Å²) in [6.45, 7) is 4.75. The van der Waals surface area contributed by atoms with Gasteiger partial charge in [-0.3, -0.25) is 4.68 Å². The van der Waals surface area contributed by atoms with E-state index in [9.17, 15) is 9.59 Å². The lowest BCUT2D eigenvalue weighted by Gasteiger charge is -2.23. The van der Waals surface area contributed by atoms with Gasteiger partial charge in [-0.1, -0.05) is 12.7 Å². The zero-order valence-electron chi connectivity index (χ0n) is 11.0. The van der Waals surface area contributed by atoms with Crippen LogP contribution in [0.15, 0.2) is 18.9 Å². The van der Waals surface area contributed by atoms with Crippen molar-refractivity contribution in [2.24, 2.45) is 5.92 Å². The molecule has 0 saturated carbocycles. The number of carbonyl (C=O) groups is 2. The molecule has 2 N–H and O–H groups in total. The summed E-state index contributed by atoms with van der Waals surface area (Å²) in [5.74, 6) is -0.779. The number of carboxylic acids is 1. The van der Waals surface area contributed by atoms with Crippen LogP contribution < -0.4 is 5.32 Å². The largest absolute Gasteiger partial charge is 0.478 e. The summed E-state index contributed by atoms with van der Waals surface area (Å²) in [6.07, 6.45) is 3.82. The normalized spacial score (nSPS) is 17.1. The Morgan fingerprint density at radius 1 is 1.65 bits per heavy atom. The summed E-state index contributed by atoms with van der Waals surface area (Å²) in [7, 11) is 0. The molecule has 1 amide bonds. The van der Waals surface area contributed by atoms with Crippen LogP contribution in [0.1, 0.15) is 22.5 Å². The molecule has 0 radical (unpaired) electrons. The maximum Gasteiger partial charge on any atom is 0.407 e. The van der Waals surface area contributed by atoms with Crippen molar-refractivity contribution in [2.45, 2.75) is 19.4 Å². The fourth-order valence-electron chi connectivity index (χ4n) is 2.27. The number of aromatic carboxylic acids is 1. The number of hydrogen-bond donors (Lipinski definition) is 2. The molecule has 1 aliphatic heterocycles. The Bertz CT molecular complexity index is 524. The van der Waals surface area contributed by atoms with E-state index in [2.05, 4.69) is 17.0 Å². The number of hydrogen-bond acceptors (Lipinski definition) is 4. The van der Waals surface area contributed by atoms with Gasteiger partial charge < -0.3 is 15.2 Å². The van der Waals surface area contributed by atoms with Crippen LogP contribution in [0.5, 0.6) is 0 Å². The van der Waals surface area contributed by atoms with Crippen molar-refractivity contribution in [3.05, 3.63) is 30.1 Å². The highest BCUT2D eigenvalue weighted by molar-refractivity contribution is 5.88. The second-order valence-corrected chi connectivity index (χ2v) is 4.66. The molecule has 2 rings (SSSR count). The van der Waals surface area contributed by atoms with E-state index in [0.717, 1.165) is 12.1 Å². The van der Waals surface area contributed by atoms with Crippen LogP contribution in [0.3, 0.4) is 0 Å². The number of amides is 1. The van der Waals surface area contributed by atoms with Crippen LogP contribution >= 0.6 is 0 Å². The first kappa shape index (κ1) is 14.1. The van der Waals surface area contributed by atoms with Crippen LogP contribution in [0.4, 0.5) is 4.79 Å². The number of aromatic nitrogens is 2. The number of carbonyl (C=O) groups excluding carboxylic acids is 1. The highest BCUT2D eigenvalue weighted by atomic mass is 16.5. The van der Waals surface area contributed by atoms with Crippen LogP contribution in [-0.4, -0.2) is 40.1 Å².